The minimum absolute atomic E-state index is 0.233. The van der Waals surface area contributed by atoms with Crippen molar-refractivity contribution < 1.29 is 9.59 Å². The summed E-state index contributed by atoms with van der Waals surface area (Å²) in [4.78, 5) is 30.5. The van der Waals surface area contributed by atoms with Crippen LogP contribution in [0.5, 0.6) is 0 Å². The number of nitrogens with two attached hydrogens (primary N) is 1. The van der Waals surface area contributed by atoms with Crippen LogP contribution in [0.1, 0.15) is 25.9 Å². The molecule has 92 valence electrons. The van der Waals surface area contributed by atoms with Gasteiger partial charge in [-0.1, -0.05) is 0 Å². The molecule has 0 saturated heterocycles. The van der Waals surface area contributed by atoms with Gasteiger partial charge in [0.15, 0.2) is 0 Å². The molecule has 0 aromatic carbocycles. The number of aromatic nitrogens is 2. The van der Waals surface area contributed by atoms with Gasteiger partial charge < -0.3 is 11.1 Å². The van der Waals surface area contributed by atoms with Gasteiger partial charge in [0.1, 0.15) is 10.7 Å². The van der Waals surface area contributed by atoms with Crippen LogP contribution in [0.3, 0.4) is 0 Å². The minimum Gasteiger partial charge on any atom is -0.366 e. The van der Waals surface area contributed by atoms with Gasteiger partial charge >= 0.3 is 0 Å². The summed E-state index contributed by atoms with van der Waals surface area (Å²) < 4.78 is 0. The van der Waals surface area contributed by atoms with Crippen molar-refractivity contribution >= 4 is 23.2 Å². The molecule has 0 aliphatic rings. The first kappa shape index (κ1) is 12.2. The zero-order valence-corrected chi connectivity index (χ0v) is 10.1. The molecule has 0 radical (unpaired) electrons. The Morgan fingerprint density at radius 2 is 2.17 bits per heavy atom. The molecule has 0 spiro atoms. The lowest BCUT2D eigenvalue weighted by molar-refractivity contribution is 0.0943. The standard InChI is InChI=1S/C11H10N4O2S/c12-10(16)7-1-2-8(14-5-7)11(17)15-6-9-13-3-4-18-9/h1-5H,6H2,(H2,12,16)(H,15,17). The van der Waals surface area contributed by atoms with Crippen molar-refractivity contribution in [2.75, 3.05) is 0 Å². The monoisotopic (exact) mass is 262 g/mol. The van der Waals surface area contributed by atoms with E-state index in [9.17, 15) is 9.59 Å². The fourth-order valence-corrected chi connectivity index (χ4v) is 1.82. The number of hydrogen-bond acceptors (Lipinski definition) is 5. The van der Waals surface area contributed by atoms with Crippen LogP contribution in [0.2, 0.25) is 0 Å². The van der Waals surface area contributed by atoms with Crippen molar-refractivity contribution in [1.82, 2.24) is 15.3 Å². The number of pyridine rings is 1. The number of amides is 2. The molecule has 0 fully saturated rings. The quantitative estimate of drug-likeness (QED) is 0.841. The van der Waals surface area contributed by atoms with Crippen molar-refractivity contribution in [3.63, 3.8) is 0 Å². The van der Waals surface area contributed by atoms with Gasteiger partial charge in [-0.25, -0.2) is 4.98 Å². The molecular weight excluding hydrogens is 252 g/mol. The molecule has 7 heteroatoms. The SMILES string of the molecule is NC(=O)c1ccc(C(=O)NCc2nccs2)nc1. The number of carbonyl (C=O) groups excluding carboxylic acids is 2. The van der Waals surface area contributed by atoms with Crippen LogP contribution in [-0.2, 0) is 6.54 Å². The van der Waals surface area contributed by atoms with Gasteiger partial charge in [0, 0.05) is 17.8 Å². The molecule has 2 rings (SSSR count). The third-order valence-corrected chi connectivity index (χ3v) is 2.94. The second-order valence-electron chi connectivity index (χ2n) is 3.40. The molecule has 0 aliphatic carbocycles. The normalized spacial score (nSPS) is 10.0. The Bertz CT molecular complexity index is 551. The van der Waals surface area contributed by atoms with E-state index < -0.39 is 5.91 Å². The van der Waals surface area contributed by atoms with Crippen molar-refractivity contribution in [2.24, 2.45) is 5.73 Å². The second kappa shape index (κ2) is 5.37. The van der Waals surface area contributed by atoms with Gasteiger partial charge in [-0.15, -0.1) is 11.3 Å². The molecule has 6 nitrogen and oxygen atoms in total. The number of hydrogen-bond donors (Lipinski definition) is 2. The average Bonchev–Trinajstić information content (AvgIpc) is 2.89. The van der Waals surface area contributed by atoms with E-state index in [0.717, 1.165) is 5.01 Å². The van der Waals surface area contributed by atoms with Gasteiger partial charge in [-0.3, -0.25) is 14.6 Å². The number of carbonyl (C=O) groups is 2. The lowest BCUT2D eigenvalue weighted by Gasteiger charge is -2.02. The van der Waals surface area contributed by atoms with Crippen LogP contribution in [0.15, 0.2) is 29.9 Å². The van der Waals surface area contributed by atoms with Gasteiger partial charge in [-0.05, 0) is 12.1 Å². The first-order valence-electron chi connectivity index (χ1n) is 5.09. The van der Waals surface area contributed by atoms with Crippen molar-refractivity contribution in [3.05, 3.63) is 46.2 Å². The second-order valence-corrected chi connectivity index (χ2v) is 4.38. The minimum atomic E-state index is -0.572. The molecule has 2 aromatic heterocycles. The topological polar surface area (TPSA) is 98.0 Å². The summed E-state index contributed by atoms with van der Waals surface area (Å²) >= 11 is 1.46. The Kier molecular flexibility index (Phi) is 3.63. The zero-order valence-electron chi connectivity index (χ0n) is 9.29. The summed E-state index contributed by atoms with van der Waals surface area (Å²) in [5.74, 6) is -0.890. The van der Waals surface area contributed by atoms with Crippen LogP contribution in [0.25, 0.3) is 0 Å². The third-order valence-electron chi connectivity index (χ3n) is 2.16. The molecule has 2 aromatic rings. The van der Waals surface area contributed by atoms with Gasteiger partial charge in [0.25, 0.3) is 5.91 Å². The smallest absolute Gasteiger partial charge is 0.270 e. The van der Waals surface area contributed by atoms with Crippen LogP contribution in [0.4, 0.5) is 0 Å². The van der Waals surface area contributed by atoms with E-state index in [0.29, 0.717) is 6.54 Å². The summed E-state index contributed by atoms with van der Waals surface area (Å²) in [5, 5.41) is 5.33. The van der Waals surface area contributed by atoms with E-state index in [-0.39, 0.29) is 17.2 Å². The number of nitrogens with one attached hydrogen (secondary N) is 1. The number of rotatable bonds is 4. The lowest BCUT2D eigenvalue weighted by atomic mass is 10.2. The first-order chi connectivity index (χ1) is 8.66. The van der Waals surface area contributed by atoms with Crippen molar-refractivity contribution in [1.29, 1.82) is 0 Å². The van der Waals surface area contributed by atoms with E-state index in [1.165, 1.54) is 29.7 Å². The molecule has 0 bridgehead atoms. The molecule has 3 N–H and O–H groups in total. The molecule has 0 saturated carbocycles. The predicted octanol–water partition coefficient (Wildman–Crippen LogP) is 0.567. The predicted molar refractivity (Wildman–Crippen MR) is 66.0 cm³/mol. The van der Waals surface area contributed by atoms with Crippen LogP contribution in [-0.4, -0.2) is 21.8 Å². The van der Waals surface area contributed by atoms with Gasteiger partial charge in [-0.2, -0.15) is 0 Å². The van der Waals surface area contributed by atoms with Crippen LogP contribution in [0, 0.1) is 0 Å². The van der Waals surface area contributed by atoms with Gasteiger partial charge in [0.2, 0.25) is 5.91 Å². The molecule has 18 heavy (non-hydrogen) atoms. The maximum atomic E-state index is 11.7. The van der Waals surface area contributed by atoms with E-state index in [2.05, 4.69) is 15.3 Å². The Balaban J connectivity index is 1.98. The maximum Gasteiger partial charge on any atom is 0.270 e. The van der Waals surface area contributed by atoms with Crippen molar-refractivity contribution in [3.8, 4) is 0 Å². The maximum absolute atomic E-state index is 11.7. The molecule has 0 atom stereocenters. The molecular formula is C11H10N4O2S. The molecule has 2 amide bonds. The Hall–Kier alpha value is -2.28. The van der Waals surface area contributed by atoms with Crippen molar-refractivity contribution in [2.45, 2.75) is 6.54 Å². The van der Waals surface area contributed by atoms with Crippen LogP contribution >= 0.6 is 11.3 Å². The number of nitrogens with zero attached hydrogens (tertiary/aromatic N) is 2. The van der Waals surface area contributed by atoms with E-state index in [1.54, 1.807) is 6.20 Å². The summed E-state index contributed by atoms with van der Waals surface area (Å²) in [6.07, 6.45) is 2.95. The Labute approximate surface area is 107 Å². The van der Waals surface area contributed by atoms with Gasteiger partial charge in [0.05, 0.1) is 12.1 Å². The van der Waals surface area contributed by atoms with E-state index in [1.807, 2.05) is 5.38 Å². The van der Waals surface area contributed by atoms with E-state index in [4.69, 9.17) is 5.73 Å². The summed E-state index contributed by atoms with van der Waals surface area (Å²) in [5.41, 5.74) is 5.58. The largest absolute Gasteiger partial charge is 0.366 e. The number of primary amides is 1. The van der Waals surface area contributed by atoms with Crippen LogP contribution < -0.4 is 11.1 Å². The average molecular weight is 262 g/mol. The highest BCUT2D eigenvalue weighted by Crippen LogP contribution is 2.04. The highest BCUT2D eigenvalue weighted by Gasteiger charge is 2.08. The summed E-state index contributed by atoms with van der Waals surface area (Å²) in [6, 6.07) is 2.92. The Morgan fingerprint density at radius 1 is 1.33 bits per heavy atom. The first-order valence-corrected chi connectivity index (χ1v) is 5.97. The highest BCUT2D eigenvalue weighted by atomic mass is 32.1. The Morgan fingerprint density at radius 3 is 2.72 bits per heavy atom. The molecule has 2 heterocycles. The zero-order chi connectivity index (χ0) is 13.0. The number of thiazole rings is 1. The third kappa shape index (κ3) is 2.89. The summed E-state index contributed by atoms with van der Waals surface area (Å²) in [7, 11) is 0. The fraction of sp³-hybridized carbons (Fsp3) is 0.0909. The molecule has 0 unspecified atom stereocenters. The molecule has 0 aliphatic heterocycles. The highest BCUT2D eigenvalue weighted by molar-refractivity contribution is 7.09. The van der Waals surface area contributed by atoms with E-state index >= 15 is 0 Å². The fourth-order valence-electron chi connectivity index (χ4n) is 1.26. The lowest BCUT2D eigenvalue weighted by Crippen LogP contribution is -2.24. The summed E-state index contributed by atoms with van der Waals surface area (Å²) in [6.45, 7) is 0.357.